The lowest BCUT2D eigenvalue weighted by molar-refractivity contribution is -0.149. The fourth-order valence-corrected chi connectivity index (χ4v) is 1.84. The first-order chi connectivity index (χ1) is 9.10. The summed E-state index contributed by atoms with van der Waals surface area (Å²) in [5.41, 5.74) is 0.361. The third-order valence-electron chi connectivity index (χ3n) is 2.40. The number of alkyl halides is 3. The van der Waals surface area contributed by atoms with E-state index < -0.39 is 31.1 Å². The minimum atomic E-state index is -4.68. The molecule has 0 aliphatic rings. The molecule has 0 aromatic heterocycles. The maximum absolute atomic E-state index is 12.4. The number of aryl methyl sites for hydroxylation is 1. The van der Waals surface area contributed by atoms with Gasteiger partial charge in [0.15, 0.2) is 0 Å². The minimum Gasteiger partial charge on any atom is -0.480 e. The van der Waals surface area contributed by atoms with Gasteiger partial charge in [-0.1, -0.05) is 11.6 Å². The number of carboxylic acids is 1. The van der Waals surface area contributed by atoms with Crippen LogP contribution in [0.5, 0.6) is 0 Å². The van der Waals surface area contributed by atoms with E-state index in [4.69, 9.17) is 16.7 Å². The Hall–Kier alpha value is -1.76. The summed E-state index contributed by atoms with van der Waals surface area (Å²) >= 11 is 5.69. The van der Waals surface area contributed by atoms with Crippen molar-refractivity contribution in [3.05, 3.63) is 34.3 Å². The molecule has 0 unspecified atom stereocenters. The third kappa shape index (κ3) is 4.73. The lowest BCUT2D eigenvalue weighted by Crippen LogP contribution is -2.42. The molecule has 0 atom stereocenters. The Labute approximate surface area is 117 Å². The van der Waals surface area contributed by atoms with Crippen LogP contribution in [0, 0.1) is 6.92 Å². The number of aliphatic carboxylic acids is 1. The molecule has 0 fully saturated rings. The Kier molecular flexibility index (Phi) is 4.99. The minimum absolute atomic E-state index is 0.0140. The molecule has 1 amide bonds. The van der Waals surface area contributed by atoms with Crippen molar-refractivity contribution in [3.8, 4) is 0 Å². The van der Waals surface area contributed by atoms with E-state index in [1.165, 1.54) is 25.1 Å². The summed E-state index contributed by atoms with van der Waals surface area (Å²) < 4.78 is 37.2. The molecule has 0 aliphatic carbocycles. The molecule has 1 aromatic rings. The molecule has 0 radical (unpaired) electrons. The Morgan fingerprint density at radius 3 is 2.40 bits per heavy atom. The second-order valence-corrected chi connectivity index (χ2v) is 4.57. The molecule has 0 heterocycles. The number of carboxylic acid groups (broad SMARTS) is 1. The van der Waals surface area contributed by atoms with E-state index in [0.29, 0.717) is 10.6 Å². The molecule has 1 rings (SSSR count). The molecule has 20 heavy (non-hydrogen) atoms. The van der Waals surface area contributed by atoms with Crippen LogP contribution in [0.2, 0.25) is 5.02 Å². The van der Waals surface area contributed by atoms with Crippen molar-refractivity contribution < 1.29 is 27.9 Å². The number of benzene rings is 1. The summed E-state index contributed by atoms with van der Waals surface area (Å²) in [6, 6.07) is 4.04. The van der Waals surface area contributed by atoms with Gasteiger partial charge in [0.05, 0.1) is 0 Å². The lowest BCUT2D eigenvalue weighted by atomic mass is 10.1. The fraction of sp³-hybridized carbons (Fsp3) is 0.333. The van der Waals surface area contributed by atoms with Gasteiger partial charge in [-0.05, 0) is 30.7 Å². The molecule has 0 saturated heterocycles. The van der Waals surface area contributed by atoms with Crippen LogP contribution in [-0.4, -0.2) is 41.1 Å². The molecule has 4 nitrogen and oxygen atoms in total. The summed E-state index contributed by atoms with van der Waals surface area (Å²) in [4.78, 5) is 22.8. The van der Waals surface area contributed by atoms with Gasteiger partial charge in [-0.3, -0.25) is 9.59 Å². The van der Waals surface area contributed by atoms with Gasteiger partial charge in [-0.15, -0.1) is 0 Å². The predicted octanol–water partition coefficient (Wildman–Crippen LogP) is 2.74. The van der Waals surface area contributed by atoms with Gasteiger partial charge in [0.2, 0.25) is 0 Å². The third-order valence-corrected chi connectivity index (χ3v) is 2.64. The van der Waals surface area contributed by atoms with Gasteiger partial charge >= 0.3 is 12.1 Å². The standard InChI is InChI=1S/C12H11ClF3NO3/c1-7-4-8(13)2-3-9(7)11(20)17(5-10(18)19)6-12(14,15)16/h2-4H,5-6H2,1H3,(H,18,19). The lowest BCUT2D eigenvalue weighted by Gasteiger charge is -2.23. The Bertz CT molecular complexity index is 531. The monoisotopic (exact) mass is 309 g/mol. The van der Waals surface area contributed by atoms with Crippen molar-refractivity contribution in [3.63, 3.8) is 0 Å². The number of amides is 1. The molecule has 0 bridgehead atoms. The molecule has 0 aliphatic heterocycles. The largest absolute Gasteiger partial charge is 0.480 e. The van der Waals surface area contributed by atoms with Crippen molar-refractivity contribution >= 4 is 23.5 Å². The second kappa shape index (κ2) is 6.13. The number of hydrogen-bond donors (Lipinski definition) is 1. The van der Waals surface area contributed by atoms with E-state index in [1.807, 2.05) is 0 Å². The first-order valence-electron chi connectivity index (χ1n) is 5.44. The molecule has 0 saturated carbocycles. The van der Waals surface area contributed by atoms with Gasteiger partial charge in [0.1, 0.15) is 13.1 Å². The zero-order valence-corrected chi connectivity index (χ0v) is 11.1. The zero-order valence-electron chi connectivity index (χ0n) is 10.4. The molecule has 1 aromatic carbocycles. The smallest absolute Gasteiger partial charge is 0.406 e. The van der Waals surface area contributed by atoms with Crippen molar-refractivity contribution in [2.75, 3.05) is 13.1 Å². The van der Waals surface area contributed by atoms with Crippen LogP contribution >= 0.6 is 11.6 Å². The van der Waals surface area contributed by atoms with Crippen LogP contribution in [0.4, 0.5) is 13.2 Å². The summed E-state index contributed by atoms with van der Waals surface area (Å²) in [5.74, 6) is -2.52. The van der Waals surface area contributed by atoms with E-state index in [-0.39, 0.29) is 10.5 Å². The number of halogens is 4. The van der Waals surface area contributed by atoms with Crippen LogP contribution in [0.25, 0.3) is 0 Å². The fourth-order valence-electron chi connectivity index (χ4n) is 1.62. The second-order valence-electron chi connectivity index (χ2n) is 4.13. The van der Waals surface area contributed by atoms with Crippen molar-refractivity contribution in [1.82, 2.24) is 4.90 Å². The van der Waals surface area contributed by atoms with Crippen molar-refractivity contribution in [2.24, 2.45) is 0 Å². The molecular weight excluding hydrogens is 299 g/mol. The van der Waals surface area contributed by atoms with E-state index in [0.717, 1.165) is 0 Å². The van der Waals surface area contributed by atoms with Gasteiger partial charge < -0.3 is 10.0 Å². The van der Waals surface area contributed by atoms with Crippen molar-refractivity contribution in [1.29, 1.82) is 0 Å². The van der Waals surface area contributed by atoms with E-state index in [9.17, 15) is 22.8 Å². The highest BCUT2D eigenvalue weighted by Gasteiger charge is 2.34. The van der Waals surface area contributed by atoms with E-state index >= 15 is 0 Å². The number of nitrogens with zero attached hydrogens (tertiary/aromatic N) is 1. The normalized spacial score (nSPS) is 11.2. The Morgan fingerprint density at radius 2 is 1.95 bits per heavy atom. The predicted molar refractivity (Wildman–Crippen MR) is 65.8 cm³/mol. The van der Waals surface area contributed by atoms with Crippen LogP contribution in [0.15, 0.2) is 18.2 Å². The average molecular weight is 310 g/mol. The quantitative estimate of drug-likeness (QED) is 0.930. The van der Waals surface area contributed by atoms with Crippen LogP contribution < -0.4 is 0 Å². The van der Waals surface area contributed by atoms with Crippen molar-refractivity contribution in [2.45, 2.75) is 13.1 Å². The first-order valence-corrected chi connectivity index (χ1v) is 5.82. The van der Waals surface area contributed by atoms with Gasteiger partial charge in [-0.25, -0.2) is 0 Å². The van der Waals surface area contributed by atoms with Gasteiger partial charge in [-0.2, -0.15) is 13.2 Å². The maximum Gasteiger partial charge on any atom is 0.406 e. The summed E-state index contributed by atoms with van der Waals surface area (Å²) in [7, 11) is 0. The highest BCUT2D eigenvalue weighted by Crippen LogP contribution is 2.21. The number of rotatable bonds is 4. The van der Waals surface area contributed by atoms with Crippen LogP contribution in [-0.2, 0) is 4.79 Å². The first kappa shape index (κ1) is 16.3. The number of carbonyl (C=O) groups excluding carboxylic acids is 1. The van der Waals surface area contributed by atoms with E-state index in [2.05, 4.69) is 0 Å². The Morgan fingerprint density at radius 1 is 1.35 bits per heavy atom. The molecule has 8 heteroatoms. The Balaban J connectivity index is 3.06. The molecule has 1 N–H and O–H groups in total. The summed E-state index contributed by atoms with van der Waals surface area (Å²) in [6.07, 6.45) is -4.68. The summed E-state index contributed by atoms with van der Waals surface area (Å²) in [5, 5.41) is 8.94. The molecule has 110 valence electrons. The SMILES string of the molecule is Cc1cc(Cl)ccc1C(=O)N(CC(=O)O)CC(F)(F)F. The van der Waals surface area contributed by atoms with E-state index in [1.54, 1.807) is 0 Å². The highest BCUT2D eigenvalue weighted by atomic mass is 35.5. The maximum atomic E-state index is 12.4. The molecule has 0 spiro atoms. The van der Waals surface area contributed by atoms with Gasteiger partial charge in [0.25, 0.3) is 5.91 Å². The number of carbonyl (C=O) groups is 2. The van der Waals surface area contributed by atoms with Gasteiger partial charge in [0, 0.05) is 10.6 Å². The topological polar surface area (TPSA) is 57.6 Å². The van der Waals surface area contributed by atoms with Crippen LogP contribution in [0.1, 0.15) is 15.9 Å². The summed E-state index contributed by atoms with van der Waals surface area (Å²) in [6.45, 7) is -1.15. The van der Waals surface area contributed by atoms with Crippen LogP contribution in [0.3, 0.4) is 0 Å². The molecular formula is C12H11ClF3NO3. The zero-order chi connectivity index (χ0) is 15.5. The average Bonchev–Trinajstić information content (AvgIpc) is 2.24. The number of hydrogen-bond acceptors (Lipinski definition) is 2. The highest BCUT2D eigenvalue weighted by molar-refractivity contribution is 6.30.